The van der Waals surface area contributed by atoms with Gasteiger partial charge in [0.2, 0.25) is 5.75 Å². The van der Waals surface area contributed by atoms with Gasteiger partial charge < -0.3 is 19.1 Å². The maximum atomic E-state index is 12.5. The number of nitro groups is 1. The number of hydrogen-bond acceptors (Lipinski definition) is 7. The summed E-state index contributed by atoms with van der Waals surface area (Å²) >= 11 is 0. The van der Waals surface area contributed by atoms with E-state index in [-0.39, 0.29) is 29.1 Å². The molecular formula is C19H26N2O7. The minimum atomic E-state index is -0.908. The average Bonchev–Trinajstić information content (AvgIpc) is 2.71. The van der Waals surface area contributed by atoms with E-state index in [1.807, 2.05) is 0 Å². The summed E-state index contributed by atoms with van der Waals surface area (Å²) in [6.45, 7) is 1.11. The molecule has 0 aromatic heterocycles. The van der Waals surface area contributed by atoms with Gasteiger partial charge in [-0.2, -0.15) is 0 Å². The Balaban J connectivity index is 1.86. The van der Waals surface area contributed by atoms with Crippen LogP contribution in [0, 0.1) is 10.1 Å². The molecule has 1 aromatic rings. The molecule has 1 saturated carbocycles. The predicted molar refractivity (Wildman–Crippen MR) is 100 cm³/mol. The van der Waals surface area contributed by atoms with Crippen LogP contribution in [0.3, 0.4) is 0 Å². The molecule has 1 amide bonds. The van der Waals surface area contributed by atoms with Gasteiger partial charge in [0, 0.05) is 25.2 Å². The number of benzene rings is 1. The van der Waals surface area contributed by atoms with Gasteiger partial charge in [-0.05, 0) is 25.8 Å². The molecule has 1 fully saturated rings. The van der Waals surface area contributed by atoms with Gasteiger partial charge in [0.1, 0.15) is 5.75 Å². The Labute approximate surface area is 163 Å². The van der Waals surface area contributed by atoms with Crippen LogP contribution in [0.2, 0.25) is 0 Å². The van der Waals surface area contributed by atoms with Crippen molar-refractivity contribution in [3.05, 3.63) is 28.3 Å². The van der Waals surface area contributed by atoms with Crippen molar-refractivity contribution in [3.63, 3.8) is 0 Å². The van der Waals surface area contributed by atoms with E-state index in [2.05, 4.69) is 0 Å². The van der Waals surface area contributed by atoms with Crippen molar-refractivity contribution in [1.82, 2.24) is 4.90 Å². The van der Waals surface area contributed by atoms with Gasteiger partial charge in [0.25, 0.3) is 5.91 Å². The number of carbonyl (C=O) groups is 2. The first-order valence-electron chi connectivity index (χ1n) is 9.25. The third kappa shape index (κ3) is 5.58. The lowest BCUT2D eigenvalue weighted by molar-refractivity contribution is -0.385. The summed E-state index contributed by atoms with van der Waals surface area (Å²) in [6.07, 6.45) is 4.41. The minimum absolute atomic E-state index is 0.0218. The molecule has 154 valence electrons. The lowest BCUT2D eigenvalue weighted by atomic mass is 9.94. The third-order valence-electron chi connectivity index (χ3n) is 4.83. The zero-order valence-electron chi connectivity index (χ0n) is 16.4. The number of hydrogen-bond donors (Lipinski definition) is 0. The SMILES string of the molecule is COc1cc(OCC(=O)OC(C)C(=O)N(C)C2CCCCC2)ccc1[N+](=O)[O-]. The average molecular weight is 394 g/mol. The molecule has 0 aliphatic heterocycles. The number of methoxy groups -OCH3 is 1. The summed E-state index contributed by atoms with van der Waals surface area (Å²) in [5, 5.41) is 10.9. The van der Waals surface area contributed by atoms with Gasteiger partial charge in [-0.15, -0.1) is 0 Å². The largest absolute Gasteiger partial charge is 0.490 e. The molecule has 2 rings (SSSR count). The molecule has 1 aliphatic rings. The molecule has 0 N–H and O–H groups in total. The summed E-state index contributed by atoms with van der Waals surface area (Å²) < 4.78 is 15.4. The maximum Gasteiger partial charge on any atom is 0.344 e. The summed E-state index contributed by atoms with van der Waals surface area (Å²) in [5.74, 6) is -0.696. The number of rotatable bonds is 8. The first-order chi connectivity index (χ1) is 13.3. The summed E-state index contributed by atoms with van der Waals surface area (Å²) in [5.41, 5.74) is -0.206. The van der Waals surface area contributed by atoms with Crippen molar-refractivity contribution >= 4 is 17.6 Å². The number of ether oxygens (including phenoxy) is 3. The molecule has 9 heteroatoms. The van der Waals surface area contributed by atoms with Crippen molar-refractivity contribution in [3.8, 4) is 11.5 Å². The molecule has 0 saturated heterocycles. The Hall–Kier alpha value is -2.84. The van der Waals surface area contributed by atoms with Crippen molar-refractivity contribution in [2.24, 2.45) is 0 Å². The van der Waals surface area contributed by atoms with E-state index < -0.39 is 23.6 Å². The lowest BCUT2D eigenvalue weighted by Gasteiger charge is -2.32. The summed E-state index contributed by atoms with van der Waals surface area (Å²) in [7, 11) is 3.04. The van der Waals surface area contributed by atoms with Crippen molar-refractivity contribution in [2.45, 2.75) is 51.2 Å². The number of nitrogens with zero attached hydrogens (tertiary/aromatic N) is 2. The molecule has 0 radical (unpaired) electrons. The first-order valence-corrected chi connectivity index (χ1v) is 9.25. The second kappa shape index (κ2) is 9.91. The Morgan fingerprint density at radius 1 is 1.29 bits per heavy atom. The minimum Gasteiger partial charge on any atom is -0.490 e. The normalized spacial score (nSPS) is 15.4. The van der Waals surface area contributed by atoms with Crippen molar-refractivity contribution < 1.29 is 28.7 Å². The molecule has 0 bridgehead atoms. The molecule has 1 aromatic carbocycles. The van der Waals surface area contributed by atoms with Crippen LogP contribution < -0.4 is 9.47 Å². The monoisotopic (exact) mass is 394 g/mol. The Morgan fingerprint density at radius 3 is 2.57 bits per heavy atom. The van der Waals surface area contributed by atoms with E-state index in [0.717, 1.165) is 25.7 Å². The molecule has 1 aliphatic carbocycles. The number of nitro benzene ring substituents is 1. The highest BCUT2D eigenvalue weighted by Crippen LogP contribution is 2.30. The van der Waals surface area contributed by atoms with Gasteiger partial charge in [-0.1, -0.05) is 19.3 Å². The topological polar surface area (TPSA) is 108 Å². The van der Waals surface area contributed by atoms with Crippen LogP contribution >= 0.6 is 0 Å². The smallest absolute Gasteiger partial charge is 0.344 e. The predicted octanol–water partition coefficient (Wildman–Crippen LogP) is 2.71. The second-order valence-electron chi connectivity index (χ2n) is 6.75. The highest BCUT2D eigenvalue weighted by molar-refractivity contribution is 5.83. The third-order valence-corrected chi connectivity index (χ3v) is 4.83. The second-order valence-corrected chi connectivity index (χ2v) is 6.75. The maximum absolute atomic E-state index is 12.5. The molecular weight excluding hydrogens is 368 g/mol. The molecule has 28 heavy (non-hydrogen) atoms. The zero-order valence-corrected chi connectivity index (χ0v) is 16.4. The Morgan fingerprint density at radius 2 is 1.96 bits per heavy atom. The van der Waals surface area contributed by atoms with Gasteiger partial charge in [0.05, 0.1) is 12.0 Å². The summed E-state index contributed by atoms with van der Waals surface area (Å²) in [6, 6.07) is 4.09. The van der Waals surface area contributed by atoms with E-state index >= 15 is 0 Å². The molecule has 1 unspecified atom stereocenters. The molecule has 0 spiro atoms. The van der Waals surface area contributed by atoms with Gasteiger partial charge in [0.15, 0.2) is 12.7 Å². The van der Waals surface area contributed by atoms with E-state index in [1.165, 1.54) is 38.7 Å². The van der Waals surface area contributed by atoms with Crippen LogP contribution in [-0.2, 0) is 14.3 Å². The van der Waals surface area contributed by atoms with E-state index in [0.29, 0.717) is 0 Å². The standard InChI is InChI=1S/C19H26N2O7/c1-13(19(23)20(2)14-7-5-4-6-8-14)28-18(22)12-27-15-9-10-16(21(24)25)17(11-15)26-3/h9-11,13-14H,4-8,12H2,1-3H3. The van der Waals surface area contributed by atoms with Crippen LogP contribution in [0.4, 0.5) is 5.69 Å². The highest BCUT2D eigenvalue weighted by Gasteiger charge is 2.27. The molecule has 1 atom stereocenters. The fourth-order valence-electron chi connectivity index (χ4n) is 3.26. The zero-order chi connectivity index (χ0) is 20.7. The summed E-state index contributed by atoms with van der Waals surface area (Å²) in [4.78, 5) is 36.4. The van der Waals surface area contributed by atoms with Crippen LogP contribution in [0.1, 0.15) is 39.0 Å². The van der Waals surface area contributed by atoms with Crippen LogP contribution in [0.5, 0.6) is 11.5 Å². The molecule has 9 nitrogen and oxygen atoms in total. The van der Waals surface area contributed by atoms with Gasteiger partial charge in [-0.3, -0.25) is 14.9 Å². The van der Waals surface area contributed by atoms with E-state index in [4.69, 9.17) is 14.2 Å². The number of likely N-dealkylation sites (N-methyl/N-ethyl adjacent to an activating group) is 1. The van der Waals surface area contributed by atoms with Crippen molar-refractivity contribution in [2.75, 3.05) is 20.8 Å². The fourth-order valence-corrected chi connectivity index (χ4v) is 3.26. The van der Waals surface area contributed by atoms with Crippen LogP contribution in [-0.4, -0.2) is 54.6 Å². The van der Waals surface area contributed by atoms with E-state index in [1.54, 1.807) is 11.9 Å². The quantitative estimate of drug-likeness (QED) is 0.379. The number of carbonyl (C=O) groups excluding carboxylic acids is 2. The lowest BCUT2D eigenvalue weighted by Crippen LogP contribution is -2.44. The number of esters is 1. The van der Waals surface area contributed by atoms with Crippen LogP contribution in [0.25, 0.3) is 0 Å². The van der Waals surface area contributed by atoms with Crippen molar-refractivity contribution in [1.29, 1.82) is 0 Å². The number of amides is 1. The van der Waals surface area contributed by atoms with E-state index in [9.17, 15) is 19.7 Å². The van der Waals surface area contributed by atoms with Gasteiger partial charge >= 0.3 is 11.7 Å². The first kappa shape index (κ1) is 21.5. The van der Waals surface area contributed by atoms with Crippen LogP contribution in [0.15, 0.2) is 18.2 Å². The molecule has 0 heterocycles. The fraction of sp³-hybridized carbons (Fsp3) is 0.579. The Kier molecular flexibility index (Phi) is 7.60. The van der Waals surface area contributed by atoms with Gasteiger partial charge in [-0.25, -0.2) is 4.79 Å². The Bertz CT molecular complexity index is 716. The highest BCUT2D eigenvalue weighted by atomic mass is 16.6.